The Kier molecular flexibility index (Phi) is 4.57. The molecule has 2 aromatic rings. The highest BCUT2D eigenvalue weighted by atomic mass is 35.5. The number of aryl methyl sites for hydroxylation is 1. The third kappa shape index (κ3) is 3.12. The Morgan fingerprint density at radius 1 is 1.29 bits per heavy atom. The molecule has 1 aromatic carbocycles. The van der Waals surface area contributed by atoms with Gasteiger partial charge in [0.1, 0.15) is 10.8 Å². The summed E-state index contributed by atoms with van der Waals surface area (Å²) < 4.78 is 0. The van der Waals surface area contributed by atoms with Gasteiger partial charge in [-0.05, 0) is 24.6 Å². The van der Waals surface area contributed by atoms with Crippen LogP contribution in [0.5, 0.6) is 0 Å². The van der Waals surface area contributed by atoms with Crippen LogP contribution in [0.15, 0.2) is 42.5 Å². The summed E-state index contributed by atoms with van der Waals surface area (Å²) in [6.07, 6.45) is 0. The minimum Gasteiger partial charge on any atom is -0.323 e. The topological polar surface area (TPSA) is 20.3 Å². The van der Waals surface area contributed by atoms with E-state index in [0.29, 0.717) is 0 Å². The average Bonchev–Trinajstić information content (AvgIpc) is 3.15. The van der Waals surface area contributed by atoms with Gasteiger partial charge in [0, 0.05) is 22.1 Å². The van der Waals surface area contributed by atoms with Crippen molar-refractivity contribution in [2.45, 2.75) is 17.7 Å². The Hall–Kier alpha value is -0.970. The van der Waals surface area contributed by atoms with E-state index < -0.39 is 5.38 Å². The molecule has 5 heteroatoms. The number of carbonyl (C=O) groups is 1. The largest absolute Gasteiger partial charge is 0.323 e. The van der Waals surface area contributed by atoms with Gasteiger partial charge in [-0.2, -0.15) is 0 Å². The first-order chi connectivity index (χ1) is 10.2. The molecular weight excluding hydrogens is 322 g/mol. The standard InChI is InChI=1S/C16H16ClNOS2/c1-11-7-8-13(21-11)16-18(9-10-20-16)15(19)14(17)12-5-3-2-4-6-12/h2-8,14,16H,9-10H2,1H3/t14-,16+/m1/s1. The van der Waals surface area contributed by atoms with Crippen molar-refractivity contribution in [1.29, 1.82) is 0 Å². The number of amides is 1. The summed E-state index contributed by atoms with van der Waals surface area (Å²) in [5.41, 5.74) is 0.863. The number of alkyl halides is 1. The van der Waals surface area contributed by atoms with E-state index in [0.717, 1.165) is 17.9 Å². The van der Waals surface area contributed by atoms with Crippen LogP contribution in [0, 0.1) is 6.92 Å². The van der Waals surface area contributed by atoms with E-state index in [1.807, 2.05) is 47.0 Å². The highest BCUT2D eigenvalue weighted by Crippen LogP contribution is 2.42. The van der Waals surface area contributed by atoms with E-state index in [4.69, 9.17) is 11.6 Å². The highest BCUT2D eigenvalue weighted by molar-refractivity contribution is 7.99. The zero-order valence-corrected chi connectivity index (χ0v) is 14.0. The van der Waals surface area contributed by atoms with Crippen LogP contribution < -0.4 is 0 Å². The normalized spacial score (nSPS) is 19.7. The van der Waals surface area contributed by atoms with Crippen molar-refractivity contribution in [3.8, 4) is 0 Å². The third-order valence-corrected chi connectivity index (χ3v) is 6.37. The van der Waals surface area contributed by atoms with Gasteiger partial charge in [0.05, 0.1) is 0 Å². The summed E-state index contributed by atoms with van der Waals surface area (Å²) in [5, 5.41) is -0.491. The fourth-order valence-corrected chi connectivity index (χ4v) is 5.08. The molecule has 1 aliphatic heterocycles. The van der Waals surface area contributed by atoms with Crippen LogP contribution in [0.3, 0.4) is 0 Å². The van der Waals surface area contributed by atoms with E-state index in [9.17, 15) is 4.79 Å². The zero-order chi connectivity index (χ0) is 14.8. The molecular formula is C16H16ClNOS2. The summed E-state index contributed by atoms with van der Waals surface area (Å²) in [6, 6.07) is 13.8. The monoisotopic (exact) mass is 337 g/mol. The van der Waals surface area contributed by atoms with Gasteiger partial charge in [-0.25, -0.2) is 0 Å². The fourth-order valence-electron chi connectivity index (χ4n) is 2.43. The molecule has 110 valence electrons. The summed E-state index contributed by atoms with van der Waals surface area (Å²) in [7, 11) is 0. The quantitative estimate of drug-likeness (QED) is 0.762. The van der Waals surface area contributed by atoms with Crippen molar-refractivity contribution in [2.24, 2.45) is 0 Å². The SMILES string of the molecule is Cc1ccc([C@@H]2SCCN2C(=O)[C@H](Cl)c2ccccc2)s1. The van der Waals surface area contributed by atoms with Gasteiger partial charge in [-0.15, -0.1) is 34.7 Å². The number of benzene rings is 1. The van der Waals surface area contributed by atoms with Gasteiger partial charge in [-0.1, -0.05) is 30.3 Å². The van der Waals surface area contributed by atoms with Crippen molar-refractivity contribution in [3.63, 3.8) is 0 Å². The Morgan fingerprint density at radius 2 is 2.05 bits per heavy atom. The van der Waals surface area contributed by atoms with Gasteiger partial charge in [0.15, 0.2) is 0 Å². The van der Waals surface area contributed by atoms with E-state index in [1.54, 1.807) is 11.3 Å². The Bertz CT molecular complexity index is 628. The molecule has 1 saturated heterocycles. The number of thioether (sulfide) groups is 1. The van der Waals surface area contributed by atoms with Gasteiger partial charge in [0.25, 0.3) is 0 Å². The average molecular weight is 338 g/mol. The van der Waals surface area contributed by atoms with E-state index >= 15 is 0 Å². The van der Waals surface area contributed by atoms with Crippen molar-refractivity contribution in [2.75, 3.05) is 12.3 Å². The predicted molar refractivity (Wildman–Crippen MR) is 91.0 cm³/mol. The zero-order valence-electron chi connectivity index (χ0n) is 11.7. The highest BCUT2D eigenvalue weighted by Gasteiger charge is 2.35. The Morgan fingerprint density at radius 3 is 2.71 bits per heavy atom. The molecule has 1 aliphatic rings. The summed E-state index contributed by atoms with van der Waals surface area (Å²) >= 11 is 9.97. The maximum Gasteiger partial charge on any atom is 0.246 e. The number of hydrogen-bond donors (Lipinski definition) is 0. The number of nitrogens with zero attached hydrogens (tertiary/aromatic N) is 1. The van der Waals surface area contributed by atoms with Crippen LogP contribution in [-0.2, 0) is 4.79 Å². The summed E-state index contributed by atoms with van der Waals surface area (Å²) in [4.78, 5) is 17.1. The molecule has 0 spiro atoms. The first-order valence-corrected chi connectivity index (χ1v) is 9.14. The number of carbonyl (C=O) groups excluding carboxylic acids is 1. The molecule has 0 aliphatic carbocycles. The first kappa shape index (κ1) is 14.9. The van der Waals surface area contributed by atoms with Crippen LogP contribution in [0.25, 0.3) is 0 Å². The molecule has 3 rings (SSSR count). The first-order valence-electron chi connectivity index (χ1n) is 6.84. The van der Waals surface area contributed by atoms with Crippen molar-refractivity contribution >= 4 is 40.6 Å². The maximum absolute atomic E-state index is 12.7. The number of hydrogen-bond acceptors (Lipinski definition) is 3. The lowest BCUT2D eigenvalue weighted by Crippen LogP contribution is -2.32. The predicted octanol–water partition coefficient (Wildman–Crippen LogP) is 4.61. The van der Waals surface area contributed by atoms with Crippen LogP contribution in [-0.4, -0.2) is 23.1 Å². The summed E-state index contributed by atoms with van der Waals surface area (Å²) in [6.45, 7) is 2.86. The number of halogens is 1. The second-order valence-electron chi connectivity index (χ2n) is 4.98. The van der Waals surface area contributed by atoms with Crippen molar-refractivity contribution in [1.82, 2.24) is 4.90 Å². The van der Waals surface area contributed by atoms with E-state index in [1.165, 1.54) is 9.75 Å². The lowest BCUT2D eigenvalue weighted by Gasteiger charge is -2.25. The van der Waals surface area contributed by atoms with Gasteiger partial charge in [0.2, 0.25) is 5.91 Å². The molecule has 2 atom stereocenters. The van der Waals surface area contributed by atoms with Gasteiger partial charge < -0.3 is 4.90 Å². The smallest absolute Gasteiger partial charge is 0.246 e. The third-order valence-electron chi connectivity index (χ3n) is 3.49. The molecule has 0 unspecified atom stereocenters. The molecule has 1 amide bonds. The molecule has 0 saturated carbocycles. The minimum absolute atomic E-state index is 0.00363. The second-order valence-corrected chi connectivity index (χ2v) is 7.92. The molecule has 0 bridgehead atoms. The van der Waals surface area contributed by atoms with Crippen molar-refractivity contribution < 1.29 is 4.79 Å². The molecule has 2 heterocycles. The van der Waals surface area contributed by atoms with E-state index in [-0.39, 0.29) is 11.3 Å². The second kappa shape index (κ2) is 6.42. The van der Waals surface area contributed by atoms with E-state index in [2.05, 4.69) is 19.1 Å². The van der Waals surface area contributed by atoms with Gasteiger partial charge >= 0.3 is 0 Å². The molecule has 21 heavy (non-hydrogen) atoms. The fraction of sp³-hybridized carbons (Fsp3) is 0.312. The number of thiophene rings is 1. The number of rotatable bonds is 3. The molecule has 1 aromatic heterocycles. The summed E-state index contributed by atoms with van der Waals surface area (Å²) in [5.74, 6) is 0.968. The Labute approximate surface area is 138 Å². The molecule has 2 nitrogen and oxygen atoms in total. The van der Waals surface area contributed by atoms with Crippen LogP contribution in [0.4, 0.5) is 0 Å². The van der Waals surface area contributed by atoms with Crippen LogP contribution >= 0.6 is 34.7 Å². The van der Waals surface area contributed by atoms with Crippen molar-refractivity contribution in [3.05, 3.63) is 57.8 Å². The lowest BCUT2D eigenvalue weighted by atomic mass is 10.1. The van der Waals surface area contributed by atoms with Crippen LogP contribution in [0.1, 0.15) is 26.1 Å². The lowest BCUT2D eigenvalue weighted by molar-refractivity contribution is -0.131. The molecule has 1 fully saturated rings. The molecule has 0 radical (unpaired) electrons. The minimum atomic E-state index is -0.603. The Balaban J connectivity index is 1.80. The maximum atomic E-state index is 12.7. The van der Waals surface area contributed by atoms with Crippen LogP contribution in [0.2, 0.25) is 0 Å². The molecule has 0 N–H and O–H groups in total. The van der Waals surface area contributed by atoms with Gasteiger partial charge in [-0.3, -0.25) is 4.79 Å².